The average molecular weight is 789 g/mol. The number of carbonyl (C=O) groups excluding carboxylic acids is 3. The van der Waals surface area contributed by atoms with E-state index in [1.54, 1.807) is 0 Å². The molecule has 4 aliphatic heterocycles. The van der Waals surface area contributed by atoms with Crippen molar-refractivity contribution < 1.29 is 98.6 Å². The summed E-state index contributed by atoms with van der Waals surface area (Å²) in [7, 11) is 0. The van der Waals surface area contributed by atoms with Gasteiger partial charge in [-0.05, 0) is 0 Å². The Morgan fingerprint density at radius 2 is 0.833 bits per heavy atom. The summed E-state index contributed by atoms with van der Waals surface area (Å²) in [4.78, 5) is 36.3. The molecule has 4 rings (SSSR count). The first-order valence-electron chi connectivity index (χ1n) is 17.1. The summed E-state index contributed by atoms with van der Waals surface area (Å²) in [6, 6.07) is -6.00. The highest BCUT2D eigenvalue weighted by Gasteiger charge is 2.56. The molecule has 4 fully saturated rings. The summed E-state index contributed by atoms with van der Waals surface area (Å²) < 4.78 is 40.3. The molecule has 24 nitrogen and oxygen atoms in total. The molecule has 3 amide bonds. The second-order valence-electron chi connectivity index (χ2n) is 13.4. The third kappa shape index (κ3) is 9.79. The van der Waals surface area contributed by atoms with Gasteiger partial charge in [-0.3, -0.25) is 14.4 Å². The summed E-state index contributed by atoms with van der Waals surface area (Å²) in [5.74, 6) is -2.11. The van der Waals surface area contributed by atoms with E-state index in [0.717, 1.165) is 20.8 Å². The molecule has 312 valence electrons. The van der Waals surface area contributed by atoms with Crippen molar-refractivity contribution in [3.8, 4) is 0 Å². The lowest BCUT2D eigenvalue weighted by atomic mass is 9.93. The first-order valence-corrected chi connectivity index (χ1v) is 17.1. The molecule has 0 aliphatic carbocycles. The van der Waals surface area contributed by atoms with Crippen molar-refractivity contribution in [3.63, 3.8) is 0 Å². The maximum absolute atomic E-state index is 12.3. The van der Waals surface area contributed by atoms with Crippen molar-refractivity contribution >= 4 is 17.7 Å². The van der Waals surface area contributed by atoms with Crippen LogP contribution in [0.4, 0.5) is 0 Å². The number of rotatable bonds is 13. The predicted molar refractivity (Wildman–Crippen MR) is 171 cm³/mol. The molecule has 0 aromatic carbocycles. The summed E-state index contributed by atoms with van der Waals surface area (Å²) in [5.41, 5.74) is 5.98. The Morgan fingerprint density at radius 1 is 0.500 bits per heavy atom. The average Bonchev–Trinajstić information content (AvgIpc) is 3.12. The lowest BCUT2D eigenvalue weighted by Crippen LogP contribution is -2.71. The van der Waals surface area contributed by atoms with Crippen molar-refractivity contribution in [1.29, 1.82) is 0 Å². The number of amides is 3. The lowest BCUT2D eigenvalue weighted by Gasteiger charge is -2.50. The Morgan fingerprint density at radius 3 is 1.22 bits per heavy atom. The van der Waals surface area contributed by atoms with E-state index in [2.05, 4.69) is 16.0 Å². The van der Waals surface area contributed by atoms with Gasteiger partial charge in [-0.15, -0.1) is 0 Å². The molecule has 20 atom stereocenters. The minimum Gasteiger partial charge on any atom is -0.394 e. The number of nitrogens with one attached hydrogen (secondary N) is 3. The summed E-state index contributed by atoms with van der Waals surface area (Å²) >= 11 is 0. The fourth-order valence-corrected chi connectivity index (χ4v) is 6.81. The van der Waals surface area contributed by atoms with Gasteiger partial charge in [-0.1, -0.05) is 0 Å². The molecule has 0 bridgehead atoms. The van der Waals surface area contributed by atoms with E-state index < -0.39 is 167 Å². The zero-order chi connectivity index (χ0) is 40.2. The van der Waals surface area contributed by atoms with Crippen LogP contribution in [0, 0.1) is 0 Å². The van der Waals surface area contributed by atoms with Crippen LogP contribution < -0.4 is 21.7 Å². The number of aliphatic hydroxyl groups is 10. The van der Waals surface area contributed by atoms with Gasteiger partial charge in [0.1, 0.15) is 91.4 Å². The molecule has 4 heterocycles. The normalized spacial score (nSPS) is 45.7. The van der Waals surface area contributed by atoms with E-state index in [-0.39, 0.29) is 0 Å². The minimum atomic E-state index is -1.87. The van der Waals surface area contributed by atoms with Gasteiger partial charge < -0.3 is 106 Å². The standard InChI is InChI=1S/C30H52N4O20/c1-8(39)32-16-21(44)24(12(5-36)48-27(16)47)53-29-18(34-10(3)41)23(46)26(14(7-38)51-29)54-30-17(33-9(2)40)22(45)25(13(6-37)50-30)52-28-15(31)20(43)19(42)11(4-35)49-28/h11-30,35-38,42-47H,4-7,31H2,1-3H3,(H,32,39)(H,33,40)(H,34,41)/t11?,12-,13-,14?,15?,16?,17?,18?,19+,20?,21?,22?,23?,24+,25+,26+,27?,28-,29-,30-/m0/s1. The maximum Gasteiger partial charge on any atom is 0.217 e. The van der Waals surface area contributed by atoms with E-state index in [4.69, 9.17) is 38.9 Å². The fourth-order valence-electron chi connectivity index (χ4n) is 6.81. The second kappa shape index (κ2) is 19.2. The van der Waals surface area contributed by atoms with Gasteiger partial charge in [0.25, 0.3) is 0 Å². The van der Waals surface area contributed by atoms with Crippen LogP contribution in [0.3, 0.4) is 0 Å². The topological polar surface area (TPSA) is 380 Å². The van der Waals surface area contributed by atoms with Crippen LogP contribution in [-0.2, 0) is 47.5 Å². The minimum absolute atomic E-state index is 0.655. The number of hydrogen-bond donors (Lipinski definition) is 14. The van der Waals surface area contributed by atoms with Gasteiger partial charge in [0.2, 0.25) is 17.7 Å². The zero-order valence-corrected chi connectivity index (χ0v) is 29.5. The largest absolute Gasteiger partial charge is 0.394 e. The molecule has 4 aliphatic rings. The molecule has 24 heteroatoms. The highest BCUT2D eigenvalue weighted by atomic mass is 16.8. The van der Waals surface area contributed by atoms with Gasteiger partial charge in [-0.25, -0.2) is 0 Å². The molecule has 4 saturated heterocycles. The van der Waals surface area contributed by atoms with Crippen molar-refractivity contribution in [2.24, 2.45) is 5.73 Å². The predicted octanol–water partition coefficient (Wildman–Crippen LogP) is -9.35. The summed E-state index contributed by atoms with van der Waals surface area (Å²) in [6.07, 6.45) is -26.1. The number of ether oxygens (including phenoxy) is 7. The fraction of sp³-hybridized carbons (Fsp3) is 0.900. The number of aliphatic hydroxyl groups excluding tert-OH is 10. The van der Waals surface area contributed by atoms with Gasteiger partial charge in [0.05, 0.1) is 32.5 Å². The smallest absolute Gasteiger partial charge is 0.217 e. The van der Waals surface area contributed by atoms with Crippen LogP contribution in [0.2, 0.25) is 0 Å². The summed E-state index contributed by atoms with van der Waals surface area (Å²) in [6.45, 7) is -0.0467. The summed E-state index contributed by atoms with van der Waals surface area (Å²) in [5, 5.41) is 112. The lowest BCUT2D eigenvalue weighted by molar-refractivity contribution is -0.361. The Bertz CT molecular complexity index is 1260. The Balaban J connectivity index is 1.59. The van der Waals surface area contributed by atoms with E-state index in [1.165, 1.54) is 0 Å². The van der Waals surface area contributed by atoms with Gasteiger partial charge >= 0.3 is 0 Å². The van der Waals surface area contributed by atoms with Crippen molar-refractivity contribution in [2.75, 3.05) is 26.4 Å². The first-order chi connectivity index (χ1) is 25.5. The molecule has 0 saturated carbocycles. The molecular weight excluding hydrogens is 736 g/mol. The quantitative estimate of drug-likeness (QED) is 0.0824. The second-order valence-corrected chi connectivity index (χ2v) is 13.4. The van der Waals surface area contributed by atoms with E-state index in [9.17, 15) is 65.4 Å². The Hall–Kier alpha value is -2.31. The van der Waals surface area contributed by atoms with Crippen molar-refractivity contribution in [3.05, 3.63) is 0 Å². The molecule has 0 aromatic rings. The molecule has 0 aromatic heterocycles. The van der Waals surface area contributed by atoms with Gasteiger partial charge in [0, 0.05) is 20.8 Å². The first kappa shape index (κ1) is 44.4. The van der Waals surface area contributed by atoms with Crippen molar-refractivity contribution in [2.45, 2.75) is 143 Å². The molecule has 0 radical (unpaired) electrons. The SMILES string of the molecule is CC(=O)NC1C(O)O[C@@H](CO)[C@@H](O[C@@H]2OC(CO)[C@@H](O[C@@H]3O[C@@H](CO)[C@@H](O[C@@H]4OC(CO)[C@@H](O)C(O)C4N)C(O)C3NC(C)=O)C(O)C2NC(C)=O)C1O. The number of hydrogen-bond acceptors (Lipinski definition) is 21. The third-order valence-corrected chi connectivity index (χ3v) is 9.49. The van der Waals surface area contributed by atoms with E-state index in [1.807, 2.05) is 0 Å². The maximum atomic E-state index is 12.3. The monoisotopic (exact) mass is 788 g/mol. The zero-order valence-electron chi connectivity index (χ0n) is 29.5. The third-order valence-electron chi connectivity index (χ3n) is 9.49. The number of nitrogens with two attached hydrogens (primary N) is 1. The molecular formula is C30H52N4O20. The van der Waals surface area contributed by atoms with Crippen LogP contribution in [0.1, 0.15) is 20.8 Å². The Labute approximate surface area is 308 Å². The van der Waals surface area contributed by atoms with Crippen LogP contribution in [0.25, 0.3) is 0 Å². The van der Waals surface area contributed by atoms with Crippen LogP contribution in [0.5, 0.6) is 0 Å². The van der Waals surface area contributed by atoms with Gasteiger partial charge in [0.15, 0.2) is 25.2 Å². The Kier molecular flexibility index (Phi) is 15.8. The number of carbonyl (C=O) groups is 3. The molecule has 54 heavy (non-hydrogen) atoms. The van der Waals surface area contributed by atoms with E-state index >= 15 is 0 Å². The highest BCUT2D eigenvalue weighted by molar-refractivity contribution is 5.74. The molecule has 0 spiro atoms. The highest BCUT2D eigenvalue weighted by Crippen LogP contribution is 2.34. The van der Waals surface area contributed by atoms with Gasteiger partial charge in [-0.2, -0.15) is 0 Å². The molecule has 15 N–H and O–H groups in total. The molecule has 11 unspecified atom stereocenters. The van der Waals surface area contributed by atoms with Crippen molar-refractivity contribution in [1.82, 2.24) is 16.0 Å². The van der Waals surface area contributed by atoms with E-state index in [0.29, 0.717) is 0 Å². The van der Waals surface area contributed by atoms with Crippen LogP contribution >= 0.6 is 0 Å². The van der Waals surface area contributed by atoms with Crippen LogP contribution in [-0.4, -0.2) is 218 Å². The van der Waals surface area contributed by atoms with Crippen LogP contribution in [0.15, 0.2) is 0 Å².